The van der Waals surface area contributed by atoms with E-state index in [1.165, 1.54) is 18.4 Å². The van der Waals surface area contributed by atoms with Crippen LogP contribution < -0.4 is 10.1 Å². The Morgan fingerprint density at radius 3 is 2.53 bits per heavy atom. The third-order valence-corrected chi connectivity index (χ3v) is 2.23. The molecule has 1 radical (unpaired) electrons. The van der Waals surface area contributed by atoms with Gasteiger partial charge in [0.2, 0.25) is 0 Å². The van der Waals surface area contributed by atoms with E-state index in [0.29, 0.717) is 6.54 Å². The average molecular weight is 205 g/mol. The minimum absolute atomic E-state index is 0.677. The fourth-order valence-corrected chi connectivity index (χ4v) is 1.36. The fourth-order valence-electron chi connectivity index (χ4n) is 1.36. The summed E-state index contributed by atoms with van der Waals surface area (Å²) < 4.78 is 5.59. The van der Waals surface area contributed by atoms with Crippen LogP contribution in [0.1, 0.15) is 31.7 Å². The summed E-state index contributed by atoms with van der Waals surface area (Å²) in [6.45, 7) is 3.68. The molecular formula is C13H19NO-. The van der Waals surface area contributed by atoms with Crippen molar-refractivity contribution in [2.24, 2.45) is 0 Å². The number of nitrogens with zero attached hydrogens (tertiary/aromatic N) is 1. The molecule has 1 rings (SSSR count). The van der Waals surface area contributed by atoms with Crippen molar-refractivity contribution in [3.8, 4) is 5.75 Å². The van der Waals surface area contributed by atoms with Crippen LogP contribution in [0.2, 0.25) is 0 Å². The summed E-state index contributed by atoms with van der Waals surface area (Å²) in [5.74, 6) is 0.943. The van der Waals surface area contributed by atoms with Gasteiger partial charge in [0, 0.05) is 6.54 Å². The minimum atomic E-state index is 0.677. The van der Waals surface area contributed by atoms with Crippen molar-refractivity contribution in [2.45, 2.75) is 32.7 Å². The summed E-state index contributed by atoms with van der Waals surface area (Å²) in [5, 5.41) is 3.83. The molecule has 0 bridgehead atoms. The Labute approximate surface area is 92.6 Å². The van der Waals surface area contributed by atoms with Gasteiger partial charge in [-0.05, 0) is 24.1 Å². The van der Waals surface area contributed by atoms with Gasteiger partial charge >= 0.3 is 0 Å². The van der Waals surface area contributed by atoms with Crippen molar-refractivity contribution in [1.29, 1.82) is 0 Å². The quantitative estimate of drug-likeness (QED) is 0.495. The number of hydrogen-bond acceptors (Lipinski definition) is 1. The molecule has 0 heterocycles. The molecular weight excluding hydrogens is 186 g/mol. The van der Waals surface area contributed by atoms with Gasteiger partial charge < -0.3 is 10.1 Å². The van der Waals surface area contributed by atoms with Crippen LogP contribution in [0.25, 0.3) is 0 Å². The molecule has 0 saturated carbocycles. The van der Waals surface area contributed by atoms with Crippen LogP contribution in [-0.4, -0.2) is 6.61 Å². The lowest BCUT2D eigenvalue weighted by molar-refractivity contribution is 0.306. The molecule has 0 unspecified atom stereocenters. The maximum atomic E-state index is 5.59. The molecule has 0 amide bonds. The third kappa shape index (κ3) is 4.84. The second-order valence-electron chi connectivity index (χ2n) is 3.58. The van der Waals surface area contributed by atoms with Crippen molar-refractivity contribution >= 4 is 0 Å². The Morgan fingerprint density at radius 1 is 1.20 bits per heavy atom. The Bertz CT molecular complexity index is 256. The Balaban J connectivity index is 2.29. The van der Waals surface area contributed by atoms with E-state index in [-0.39, 0.29) is 0 Å². The number of rotatable bonds is 7. The van der Waals surface area contributed by atoms with E-state index in [2.05, 4.69) is 19.3 Å². The summed E-state index contributed by atoms with van der Waals surface area (Å²) in [5.41, 5.74) is 1.17. The van der Waals surface area contributed by atoms with Gasteiger partial charge in [0.15, 0.2) is 0 Å². The molecule has 0 saturated heterocycles. The largest absolute Gasteiger partial charge is 0.494 e. The maximum Gasteiger partial charge on any atom is 0.119 e. The average Bonchev–Trinajstić information content (AvgIpc) is 2.27. The molecule has 0 N–H and O–H groups in total. The smallest absolute Gasteiger partial charge is 0.119 e. The monoisotopic (exact) mass is 205 g/mol. The van der Waals surface area contributed by atoms with Gasteiger partial charge in [0.1, 0.15) is 5.75 Å². The van der Waals surface area contributed by atoms with Crippen LogP contribution in [0.15, 0.2) is 24.3 Å². The molecule has 2 heteroatoms. The van der Waals surface area contributed by atoms with Crippen LogP contribution >= 0.6 is 0 Å². The first kappa shape index (κ1) is 12.1. The normalized spacial score (nSPS) is 10.3. The summed E-state index contributed by atoms with van der Waals surface area (Å²) >= 11 is 0. The first-order valence-electron chi connectivity index (χ1n) is 5.51. The van der Waals surface area contributed by atoms with E-state index in [4.69, 9.17) is 4.74 Å². The van der Waals surface area contributed by atoms with E-state index in [0.717, 1.165) is 18.8 Å². The van der Waals surface area contributed by atoms with Crippen molar-refractivity contribution in [3.63, 3.8) is 0 Å². The molecule has 0 spiro atoms. The minimum Gasteiger partial charge on any atom is -0.494 e. The van der Waals surface area contributed by atoms with Crippen molar-refractivity contribution in [3.05, 3.63) is 36.9 Å². The lowest BCUT2D eigenvalue weighted by Gasteiger charge is -2.07. The molecule has 0 aliphatic carbocycles. The van der Waals surface area contributed by atoms with Crippen molar-refractivity contribution in [2.75, 3.05) is 6.61 Å². The Kier molecular flexibility index (Phi) is 5.86. The second kappa shape index (κ2) is 7.30. The van der Waals surface area contributed by atoms with E-state index in [1.54, 1.807) is 0 Å². The molecule has 1 aromatic carbocycles. The molecule has 15 heavy (non-hydrogen) atoms. The second-order valence-corrected chi connectivity index (χ2v) is 3.58. The van der Waals surface area contributed by atoms with Gasteiger partial charge in [0.25, 0.3) is 0 Å². The standard InChI is InChI=1S/C13H19NO/c1-3-4-5-10-15-13-8-6-12(7-9-13)11-14-2/h6-9H,2-5,10-11H2,1H3/q-1. The maximum absolute atomic E-state index is 5.59. The molecule has 83 valence electrons. The zero-order valence-electron chi connectivity index (χ0n) is 9.41. The molecule has 0 aliphatic rings. The Morgan fingerprint density at radius 2 is 1.93 bits per heavy atom. The zero-order chi connectivity index (χ0) is 10.9. The number of ether oxygens (including phenoxy) is 1. The molecule has 2 nitrogen and oxygen atoms in total. The number of benzene rings is 1. The third-order valence-electron chi connectivity index (χ3n) is 2.23. The van der Waals surface area contributed by atoms with E-state index in [1.807, 2.05) is 24.3 Å². The van der Waals surface area contributed by atoms with Gasteiger partial charge in [0.05, 0.1) is 6.61 Å². The summed E-state index contributed by atoms with van der Waals surface area (Å²) in [7, 11) is 3.47. The first-order valence-corrected chi connectivity index (χ1v) is 5.51. The van der Waals surface area contributed by atoms with Crippen molar-refractivity contribution in [1.82, 2.24) is 5.32 Å². The van der Waals surface area contributed by atoms with Gasteiger partial charge in [-0.15, -0.1) is 0 Å². The van der Waals surface area contributed by atoms with E-state index in [9.17, 15) is 0 Å². The van der Waals surface area contributed by atoms with Crippen LogP contribution in [-0.2, 0) is 6.54 Å². The zero-order valence-corrected chi connectivity index (χ0v) is 9.41. The lowest BCUT2D eigenvalue weighted by Crippen LogP contribution is -1.98. The first-order chi connectivity index (χ1) is 7.36. The molecule has 0 fully saturated rings. The van der Waals surface area contributed by atoms with Gasteiger partial charge in [-0.2, -0.15) is 0 Å². The molecule has 0 aromatic heterocycles. The van der Waals surface area contributed by atoms with Gasteiger partial charge in [-0.25, -0.2) is 0 Å². The molecule has 1 aromatic rings. The highest BCUT2D eigenvalue weighted by molar-refractivity contribution is 5.27. The van der Waals surface area contributed by atoms with E-state index < -0.39 is 0 Å². The summed E-state index contributed by atoms with van der Waals surface area (Å²) in [4.78, 5) is 0. The Hall–Kier alpha value is -1.02. The van der Waals surface area contributed by atoms with Crippen molar-refractivity contribution < 1.29 is 4.74 Å². The number of hydrogen-bond donors (Lipinski definition) is 0. The topological polar surface area (TPSA) is 23.3 Å². The fraction of sp³-hybridized carbons (Fsp3) is 0.462. The predicted molar refractivity (Wildman–Crippen MR) is 62.7 cm³/mol. The summed E-state index contributed by atoms with van der Waals surface area (Å²) in [6.07, 6.45) is 3.60. The summed E-state index contributed by atoms with van der Waals surface area (Å²) in [6, 6.07) is 8.05. The lowest BCUT2D eigenvalue weighted by atomic mass is 10.2. The van der Waals surface area contributed by atoms with Crippen LogP contribution in [0.3, 0.4) is 0 Å². The predicted octanol–water partition coefficient (Wildman–Crippen LogP) is 3.15. The molecule has 0 atom stereocenters. The van der Waals surface area contributed by atoms with E-state index >= 15 is 0 Å². The van der Waals surface area contributed by atoms with Crippen LogP contribution in [0.4, 0.5) is 0 Å². The molecule has 0 aliphatic heterocycles. The van der Waals surface area contributed by atoms with Crippen LogP contribution in [0.5, 0.6) is 5.75 Å². The highest BCUT2D eigenvalue weighted by Crippen LogP contribution is 2.12. The van der Waals surface area contributed by atoms with Crippen LogP contribution in [0, 0.1) is 7.05 Å². The van der Waals surface area contributed by atoms with Gasteiger partial charge in [-0.1, -0.05) is 31.9 Å². The van der Waals surface area contributed by atoms with Gasteiger partial charge in [-0.3, -0.25) is 7.05 Å². The highest BCUT2D eigenvalue weighted by atomic mass is 16.5. The number of unbranched alkanes of at least 4 members (excludes halogenated alkanes) is 2. The highest BCUT2D eigenvalue weighted by Gasteiger charge is 1.94. The SMILES string of the molecule is [CH2-][N]Cc1ccc(OCCCCC)cc1.